The molecule has 5 fully saturated rings. The minimum absolute atomic E-state index is 0.133. The van der Waals surface area contributed by atoms with Crippen LogP contribution in [0.15, 0.2) is 0 Å². The predicted molar refractivity (Wildman–Crippen MR) is 150 cm³/mol. The van der Waals surface area contributed by atoms with Gasteiger partial charge in [0.25, 0.3) is 0 Å². The molecule has 4 aliphatic carbocycles. The molecule has 224 valence electrons. The normalized spacial score (nSPS) is 45.6. The second-order valence-electron chi connectivity index (χ2n) is 14.2. The Bertz CT molecular complexity index is 1000. The van der Waals surface area contributed by atoms with Crippen molar-refractivity contribution >= 4 is 16.1 Å². The molecule has 0 bridgehead atoms. The fourth-order valence-corrected chi connectivity index (χ4v) is 11.7. The first-order chi connectivity index (χ1) is 18.4. The first-order valence-corrected chi connectivity index (χ1v) is 17.1. The van der Waals surface area contributed by atoms with Gasteiger partial charge in [-0.15, -0.1) is 0 Å². The number of fused-ring (bicyclic) bond motifs is 5. The average Bonchev–Trinajstić information content (AvgIpc) is 3.26. The Morgan fingerprint density at radius 3 is 2.38 bits per heavy atom. The van der Waals surface area contributed by atoms with E-state index in [-0.39, 0.29) is 48.5 Å². The van der Waals surface area contributed by atoms with Crippen molar-refractivity contribution in [1.29, 1.82) is 0 Å². The van der Waals surface area contributed by atoms with E-state index in [0.717, 1.165) is 51.4 Å². The molecule has 0 aromatic heterocycles. The van der Waals surface area contributed by atoms with Crippen molar-refractivity contribution in [1.82, 2.24) is 9.03 Å². The largest absolute Gasteiger partial charge is 0.393 e. The lowest BCUT2D eigenvalue weighted by Crippen LogP contribution is -2.62. The van der Waals surface area contributed by atoms with Crippen molar-refractivity contribution in [3.63, 3.8) is 0 Å². The van der Waals surface area contributed by atoms with Gasteiger partial charge >= 0.3 is 10.2 Å². The fourth-order valence-electron chi connectivity index (χ4n) is 10.5. The number of carbonyl (C=O) groups is 1. The molecule has 0 aromatic carbocycles. The Labute approximate surface area is 235 Å². The summed E-state index contributed by atoms with van der Waals surface area (Å²) in [6.45, 7) is 10.6. The predicted octanol–water partition coefficient (Wildman–Crippen LogP) is 3.72. The summed E-state index contributed by atoms with van der Waals surface area (Å²) >= 11 is 0. The van der Waals surface area contributed by atoms with Gasteiger partial charge in [-0.1, -0.05) is 34.1 Å². The highest BCUT2D eigenvalue weighted by atomic mass is 32.2. The fraction of sp³-hybridized carbons (Fsp3) is 0.967. The van der Waals surface area contributed by atoms with Crippen molar-refractivity contribution in [2.75, 3.05) is 26.3 Å². The third-order valence-corrected chi connectivity index (χ3v) is 14.1. The average molecular weight is 569 g/mol. The van der Waals surface area contributed by atoms with Gasteiger partial charge in [-0.3, -0.25) is 4.79 Å². The maximum atomic E-state index is 12.7. The van der Waals surface area contributed by atoms with Crippen molar-refractivity contribution in [2.45, 2.75) is 104 Å². The molecule has 11 atom stereocenters. The van der Waals surface area contributed by atoms with Crippen LogP contribution in [0.5, 0.6) is 0 Å². The van der Waals surface area contributed by atoms with Gasteiger partial charge in [-0.05, 0) is 104 Å². The zero-order valence-electron chi connectivity index (χ0n) is 24.5. The summed E-state index contributed by atoms with van der Waals surface area (Å²) in [6, 6.07) is 0. The number of ether oxygens (including phenoxy) is 1. The molecule has 8 nitrogen and oxygen atoms in total. The number of aliphatic hydroxyl groups excluding tert-OH is 2. The number of aliphatic hydroxyl groups is 2. The second-order valence-corrected chi connectivity index (χ2v) is 15.9. The lowest BCUT2D eigenvalue weighted by molar-refractivity contribution is -0.203. The van der Waals surface area contributed by atoms with E-state index in [1.54, 1.807) is 0 Å². The summed E-state index contributed by atoms with van der Waals surface area (Å²) < 4.78 is 34.0. The number of hydrogen-bond donors (Lipinski definition) is 3. The van der Waals surface area contributed by atoms with Crippen molar-refractivity contribution in [3.8, 4) is 0 Å². The highest BCUT2D eigenvalue weighted by molar-refractivity contribution is 7.87. The lowest BCUT2D eigenvalue weighted by atomic mass is 9.41. The summed E-state index contributed by atoms with van der Waals surface area (Å²) in [7, 11) is -3.82. The molecule has 1 saturated heterocycles. The molecule has 3 N–H and O–H groups in total. The summed E-state index contributed by atoms with van der Waals surface area (Å²) in [4.78, 5) is 12.7. The van der Waals surface area contributed by atoms with Crippen LogP contribution in [0.2, 0.25) is 0 Å². The molecule has 0 radical (unpaired) electrons. The number of morpholine rings is 1. The zero-order valence-corrected chi connectivity index (χ0v) is 25.3. The van der Waals surface area contributed by atoms with Gasteiger partial charge in [0.15, 0.2) is 0 Å². The third kappa shape index (κ3) is 5.21. The summed E-state index contributed by atoms with van der Waals surface area (Å²) in [5.74, 6) is 2.30. The van der Waals surface area contributed by atoms with Gasteiger partial charge in [0, 0.05) is 19.5 Å². The molecule has 1 amide bonds. The van der Waals surface area contributed by atoms with E-state index in [2.05, 4.69) is 32.4 Å². The number of amides is 1. The van der Waals surface area contributed by atoms with Gasteiger partial charge in [0.1, 0.15) is 0 Å². The number of carbonyl (C=O) groups excluding carboxylic acids is 1. The Morgan fingerprint density at radius 1 is 1.03 bits per heavy atom. The molecule has 0 aromatic rings. The molecule has 2 unspecified atom stereocenters. The van der Waals surface area contributed by atoms with Crippen LogP contribution in [0.3, 0.4) is 0 Å². The van der Waals surface area contributed by atoms with Crippen LogP contribution in [0.4, 0.5) is 0 Å². The monoisotopic (exact) mass is 568 g/mol. The van der Waals surface area contributed by atoms with Gasteiger partial charge in [0.2, 0.25) is 5.91 Å². The van der Waals surface area contributed by atoms with E-state index in [0.29, 0.717) is 55.1 Å². The maximum Gasteiger partial charge on any atom is 0.303 e. The minimum Gasteiger partial charge on any atom is -0.393 e. The smallest absolute Gasteiger partial charge is 0.303 e. The second kappa shape index (κ2) is 11.2. The van der Waals surface area contributed by atoms with Crippen LogP contribution in [-0.2, 0) is 19.7 Å². The quantitative estimate of drug-likeness (QED) is 0.431. The molecular formula is C30H52N2O6S. The van der Waals surface area contributed by atoms with Gasteiger partial charge in [-0.25, -0.2) is 4.72 Å². The van der Waals surface area contributed by atoms with Gasteiger partial charge in [0.05, 0.1) is 25.4 Å². The van der Waals surface area contributed by atoms with Crippen LogP contribution in [-0.4, -0.2) is 67.4 Å². The first kappa shape index (κ1) is 29.7. The van der Waals surface area contributed by atoms with Crippen LogP contribution in [0.1, 0.15) is 91.9 Å². The molecule has 5 rings (SSSR count). The number of hydrogen-bond acceptors (Lipinski definition) is 6. The van der Waals surface area contributed by atoms with Crippen LogP contribution >= 0.6 is 0 Å². The Kier molecular flexibility index (Phi) is 8.51. The molecular weight excluding hydrogens is 516 g/mol. The van der Waals surface area contributed by atoms with Gasteiger partial charge in [-0.2, -0.15) is 12.7 Å². The van der Waals surface area contributed by atoms with Crippen molar-refractivity contribution < 1.29 is 28.2 Å². The van der Waals surface area contributed by atoms with Crippen molar-refractivity contribution in [3.05, 3.63) is 0 Å². The Hall–Kier alpha value is -0.740. The zero-order chi connectivity index (χ0) is 28.2. The summed E-state index contributed by atoms with van der Waals surface area (Å²) in [6.07, 6.45) is 8.61. The number of nitrogens with one attached hydrogen (secondary N) is 1. The van der Waals surface area contributed by atoms with E-state index in [1.165, 1.54) is 4.31 Å². The number of rotatable bonds is 7. The Balaban J connectivity index is 1.25. The topological polar surface area (TPSA) is 116 Å². The van der Waals surface area contributed by atoms with E-state index in [4.69, 9.17) is 4.74 Å². The highest BCUT2D eigenvalue weighted by Crippen LogP contribution is 2.69. The minimum atomic E-state index is -3.82. The summed E-state index contributed by atoms with van der Waals surface area (Å²) in [5.41, 5.74) is 0.326. The Morgan fingerprint density at radius 2 is 1.69 bits per heavy atom. The van der Waals surface area contributed by atoms with Crippen LogP contribution in [0, 0.1) is 52.3 Å². The van der Waals surface area contributed by atoms with Crippen LogP contribution < -0.4 is 4.72 Å². The molecule has 5 aliphatic rings. The van der Waals surface area contributed by atoms with Gasteiger partial charge < -0.3 is 14.9 Å². The van der Waals surface area contributed by atoms with Crippen molar-refractivity contribution in [2.24, 2.45) is 52.3 Å². The standard InChI is InChI=1S/C30H52N2O6S/c1-5-21-25-18-20(33)10-12-30(25,4)24-11-13-29(3)22(7-8-23(29)27(24)28(21)35)19(2)6-9-26(34)31-39(36,37)32-14-16-38-17-15-32/h19-25,27-28,33,35H,5-18H2,1-4H3,(H,31,34)/t19-,20-,21-,22-,23?,24?,25+,27+,28-,29-,30-/m1/s1. The summed E-state index contributed by atoms with van der Waals surface area (Å²) in [5, 5.41) is 22.4. The molecule has 39 heavy (non-hydrogen) atoms. The molecule has 0 spiro atoms. The molecule has 1 aliphatic heterocycles. The highest BCUT2D eigenvalue weighted by Gasteiger charge is 2.64. The maximum absolute atomic E-state index is 12.7. The third-order valence-electron chi connectivity index (χ3n) is 12.5. The van der Waals surface area contributed by atoms with E-state index in [9.17, 15) is 23.4 Å². The van der Waals surface area contributed by atoms with E-state index >= 15 is 0 Å². The SMILES string of the molecule is CC[C@H]1[C@@H](O)[C@H]2C3CC[C@H]([C@H](C)CCC(=O)NS(=O)(=O)N4CCOCC4)[C@@]3(C)CCC2[C@@]2(C)CC[C@@H](O)C[C@@H]12. The van der Waals surface area contributed by atoms with Crippen LogP contribution in [0.25, 0.3) is 0 Å². The number of nitrogens with zero attached hydrogens (tertiary/aromatic N) is 1. The molecule has 1 heterocycles. The first-order valence-electron chi connectivity index (χ1n) is 15.7. The molecule has 9 heteroatoms. The van der Waals surface area contributed by atoms with E-state index in [1.807, 2.05) is 0 Å². The lowest BCUT2D eigenvalue weighted by Gasteiger charge is -2.64. The molecule has 4 saturated carbocycles. The van der Waals surface area contributed by atoms with E-state index < -0.39 is 16.1 Å².